The van der Waals surface area contributed by atoms with Crippen LogP contribution in [0.4, 0.5) is 4.39 Å². The molecule has 10 heteroatoms. The fraction of sp³-hybridized carbons (Fsp3) is 0.0455. The summed E-state index contributed by atoms with van der Waals surface area (Å²) < 4.78 is 16.4. The molecule has 0 bridgehead atoms. The average molecular weight is 511 g/mol. The molecule has 2 aromatic carbocycles. The van der Waals surface area contributed by atoms with Gasteiger partial charge in [-0.15, -0.1) is 10.2 Å². The van der Waals surface area contributed by atoms with E-state index in [2.05, 4.69) is 41.6 Å². The van der Waals surface area contributed by atoms with E-state index in [1.165, 1.54) is 24.0 Å². The van der Waals surface area contributed by atoms with E-state index in [0.29, 0.717) is 11.0 Å². The van der Waals surface area contributed by atoms with Gasteiger partial charge >= 0.3 is 0 Å². The van der Waals surface area contributed by atoms with Crippen LogP contribution in [0.15, 0.2) is 87.8 Å². The Bertz CT molecular complexity index is 1250. The van der Waals surface area contributed by atoms with Gasteiger partial charge in [-0.2, -0.15) is 5.10 Å². The van der Waals surface area contributed by atoms with Crippen LogP contribution < -0.4 is 5.43 Å². The molecule has 1 amide bonds. The van der Waals surface area contributed by atoms with Crippen LogP contribution in [0.25, 0.3) is 17.1 Å². The van der Waals surface area contributed by atoms with E-state index in [1.54, 1.807) is 30.6 Å². The molecule has 2 aromatic heterocycles. The second-order valence-electron chi connectivity index (χ2n) is 6.46. The first-order valence-electron chi connectivity index (χ1n) is 9.43. The summed E-state index contributed by atoms with van der Waals surface area (Å²) in [5.74, 6) is -0.0701. The van der Waals surface area contributed by atoms with Gasteiger partial charge in [0.2, 0.25) is 0 Å². The van der Waals surface area contributed by atoms with Crippen molar-refractivity contribution in [1.29, 1.82) is 0 Å². The number of hydrogen-bond donors (Lipinski definition) is 1. The second-order valence-corrected chi connectivity index (χ2v) is 8.32. The van der Waals surface area contributed by atoms with Crippen LogP contribution in [-0.2, 0) is 4.79 Å². The third-order valence-electron chi connectivity index (χ3n) is 4.29. The van der Waals surface area contributed by atoms with E-state index in [1.807, 2.05) is 41.0 Å². The Hall–Kier alpha value is -3.37. The Balaban J connectivity index is 1.51. The molecule has 0 saturated carbocycles. The lowest BCUT2D eigenvalue weighted by molar-refractivity contribution is -0.118. The Morgan fingerprint density at radius 3 is 2.59 bits per heavy atom. The molecule has 0 aliphatic carbocycles. The molecule has 7 nitrogen and oxygen atoms in total. The zero-order valence-electron chi connectivity index (χ0n) is 16.5. The summed E-state index contributed by atoms with van der Waals surface area (Å²) in [6, 6.07) is 17.6. The van der Waals surface area contributed by atoms with E-state index >= 15 is 0 Å². The number of halogens is 2. The zero-order valence-corrected chi connectivity index (χ0v) is 18.9. The number of carbonyl (C=O) groups excluding carboxylic acids is 1. The summed E-state index contributed by atoms with van der Waals surface area (Å²) in [5.41, 5.74) is 4.39. The monoisotopic (exact) mass is 510 g/mol. The molecule has 4 rings (SSSR count). The van der Waals surface area contributed by atoms with Gasteiger partial charge in [0.25, 0.3) is 5.91 Å². The lowest BCUT2D eigenvalue weighted by atomic mass is 10.2. The molecule has 0 fully saturated rings. The Morgan fingerprint density at radius 2 is 1.84 bits per heavy atom. The largest absolute Gasteiger partial charge is 0.272 e. The van der Waals surface area contributed by atoms with Gasteiger partial charge in [-0.05, 0) is 42.5 Å². The number of aromatic nitrogens is 4. The second kappa shape index (κ2) is 10.3. The van der Waals surface area contributed by atoms with E-state index < -0.39 is 5.82 Å². The maximum Gasteiger partial charge on any atom is 0.250 e. The van der Waals surface area contributed by atoms with Crippen molar-refractivity contribution in [2.45, 2.75) is 5.16 Å². The van der Waals surface area contributed by atoms with E-state index in [4.69, 9.17) is 0 Å². The summed E-state index contributed by atoms with van der Waals surface area (Å²) in [6.45, 7) is 0. The highest BCUT2D eigenvalue weighted by Crippen LogP contribution is 2.28. The zero-order chi connectivity index (χ0) is 22.3. The maximum atomic E-state index is 13.6. The van der Waals surface area contributed by atoms with Crippen LogP contribution in [0.1, 0.15) is 5.56 Å². The van der Waals surface area contributed by atoms with Crippen LogP contribution in [0, 0.1) is 5.82 Å². The predicted octanol–water partition coefficient (Wildman–Crippen LogP) is 4.47. The molecular weight excluding hydrogens is 495 g/mol. The van der Waals surface area contributed by atoms with Crippen molar-refractivity contribution in [3.8, 4) is 17.1 Å². The van der Waals surface area contributed by atoms with Crippen molar-refractivity contribution >= 4 is 39.8 Å². The first-order chi connectivity index (χ1) is 15.6. The van der Waals surface area contributed by atoms with Gasteiger partial charge < -0.3 is 0 Å². The summed E-state index contributed by atoms with van der Waals surface area (Å²) >= 11 is 4.66. The number of pyridine rings is 1. The summed E-state index contributed by atoms with van der Waals surface area (Å²) in [7, 11) is 0. The van der Waals surface area contributed by atoms with Crippen molar-refractivity contribution in [3.05, 3.63) is 88.9 Å². The number of rotatable bonds is 7. The number of carbonyl (C=O) groups is 1. The summed E-state index contributed by atoms with van der Waals surface area (Å²) in [4.78, 5) is 16.3. The Morgan fingerprint density at radius 1 is 1.09 bits per heavy atom. The van der Waals surface area contributed by atoms with Gasteiger partial charge in [0.15, 0.2) is 11.0 Å². The number of nitrogens with one attached hydrogen (secondary N) is 1. The molecule has 0 saturated heterocycles. The van der Waals surface area contributed by atoms with Gasteiger partial charge in [-0.3, -0.25) is 14.3 Å². The van der Waals surface area contributed by atoms with Crippen LogP contribution >= 0.6 is 27.7 Å². The number of benzene rings is 2. The van der Waals surface area contributed by atoms with Crippen molar-refractivity contribution in [1.82, 2.24) is 25.2 Å². The molecule has 0 radical (unpaired) electrons. The predicted molar refractivity (Wildman–Crippen MR) is 125 cm³/mol. The molecule has 2 heterocycles. The normalized spacial score (nSPS) is 11.1. The highest BCUT2D eigenvalue weighted by atomic mass is 79.9. The topological polar surface area (TPSA) is 85.1 Å². The van der Waals surface area contributed by atoms with Crippen LogP contribution in [0.3, 0.4) is 0 Å². The molecular formula is C22H16BrFN6OS. The smallest absolute Gasteiger partial charge is 0.250 e. The number of amides is 1. The number of nitrogens with zero attached hydrogens (tertiary/aromatic N) is 5. The lowest BCUT2D eigenvalue weighted by Gasteiger charge is -2.10. The summed E-state index contributed by atoms with van der Waals surface area (Å²) in [6.07, 6.45) is 4.64. The first kappa shape index (κ1) is 21.8. The third-order valence-corrected chi connectivity index (χ3v) is 5.74. The number of hydrogen-bond acceptors (Lipinski definition) is 6. The van der Waals surface area contributed by atoms with Crippen molar-refractivity contribution in [2.75, 3.05) is 5.75 Å². The van der Waals surface area contributed by atoms with Gasteiger partial charge in [0.1, 0.15) is 5.82 Å². The molecule has 0 aliphatic heterocycles. The molecule has 0 spiro atoms. The van der Waals surface area contributed by atoms with Gasteiger partial charge in [0.05, 0.1) is 12.0 Å². The van der Waals surface area contributed by atoms with Gasteiger partial charge in [-0.1, -0.05) is 45.9 Å². The summed E-state index contributed by atoms with van der Waals surface area (Å²) in [5, 5.41) is 13.0. The highest BCUT2D eigenvalue weighted by Gasteiger charge is 2.17. The van der Waals surface area contributed by atoms with E-state index in [9.17, 15) is 9.18 Å². The van der Waals surface area contributed by atoms with Gasteiger partial charge in [0, 0.05) is 33.7 Å². The standard InChI is InChI=1S/C22H16BrFN6OS/c23-17-5-7-18(8-6-17)30-21(15-9-11-25-12-10-15)28-29-22(30)32-14-20(31)27-26-13-16-3-1-2-4-19(16)24/h1-13H,14H2,(H,27,31)/b26-13+. The Labute approximate surface area is 195 Å². The van der Waals surface area contributed by atoms with Crippen LogP contribution in [0.2, 0.25) is 0 Å². The molecule has 1 N–H and O–H groups in total. The van der Waals surface area contributed by atoms with Crippen molar-refractivity contribution < 1.29 is 9.18 Å². The first-order valence-corrected chi connectivity index (χ1v) is 11.2. The average Bonchev–Trinajstić information content (AvgIpc) is 3.24. The minimum Gasteiger partial charge on any atom is -0.272 e. The highest BCUT2D eigenvalue weighted by molar-refractivity contribution is 9.10. The lowest BCUT2D eigenvalue weighted by Crippen LogP contribution is -2.20. The maximum absolute atomic E-state index is 13.6. The SMILES string of the molecule is O=C(CSc1nnc(-c2ccncc2)n1-c1ccc(Br)cc1)N/N=C/c1ccccc1F. The molecule has 4 aromatic rings. The minimum atomic E-state index is -0.411. The molecule has 0 atom stereocenters. The van der Waals surface area contributed by atoms with Crippen molar-refractivity contribution in [3.63, 3.8) is 0 Å². The molecule has 32 heavy (non-hydrogen) atoms. The van der Waals surface area contributed by atoms with E-state index in [-0.39, 0.29) is 17.2 Å². The number of hydrazone groups is 1. The van der Waals surface area contributed by atoms with Gasteiger partial charge in [-0.25, -0.2) is 9.82 Å². The number of thioether (sulfide) groups is 1. The third kappa shape index (κ3) is 5.27. The Kier molecular flexibility index (Phi) is 7.03. The fourth-order valence-corrected chi connectivity index (χ4v) is 3.80. The molecule has 0 unspecified atom stereocenters. The quantitative estimate of drug-likeness (QED) is 0.225. The van der Waals surface area contributed by atoms with E-state index in [0.717, 1.165) is 15.7 Å². The fourth-order valence-electron chi connectivity index (χ4n) is 2.79. The molecule has 160 valence electrons. The van der Waals surface area contributed by atoms with Crippen LogP contribution in [0.5, 0.6) is 0 Å². The minimum absolute atomic E-state index is 0.0552. The van der Waals surface area contributed by atoms with Crippen molar-refractivity contribution in [2.24, 2.45) is 5.10 Å². The van der Waals surface area contributed by atoms with Crippen LogP contribution in [-0.4, -0.2) is 37.6 Å². The molecule has 0 aliphatic rings.